The van der Waals surface area contributed by atoms with Crippen molar-refractivity contribution in [2.24, 2.45) is 13.0 Å². The fourth-order valence-corrected chi connectivity index (χ4v) is 3.16. The van der Waals surface area contributed by atoms with E-state index < -0.39 is 0 Å². The lowest BCUT2D eigenvalue weighted by Gasteiger charge is -1.98. The lowest BCUT2D eigenvalue weighted by molar-refractivity contribution is -0.117. The number of anilines is 1. The molecule has 1 amide bonds. The smallest absolute Gasteiger partial charge is 0.229 e. The standard InChI is InChI=1S/C15H14N6OS/c1-21-19-13(18-20-21)12-11(9-5-3-2-4-6-9)16-15(23-12)17-14(22)10-7-8-10/h2-6,10H,7-8H2,1H3,(H,16,17,22). The van der Waals surface area contributed by atoms with Crippen molar-refractivity contribution in [2.45, 2.75) is 12.8 Å². The quantitative estimate of drug-likeness (QED) is 0.795. The molecule has 1 saturated carbocycles. The van der Waals surface area contributed by atoms with E-state index in [9.17, 15) is 4.79 Å². The molecule has 8 heteroatoms. The van der Waals surface area contributed by atoms with Gasteiger partial charge in [0.15, 0.2) is 5.13 Å². The summed E-state index contributed by atoms with van der Waals surface area (Å²) in [5, 5.41) is 15.7. The number of hydrogen-bond acceptors (Lipinski definition) is 6. The third-order valence-electron chi connectivity index (χ3n) is 3.56. The fraction of sp³-hybridized carbons (Fsp3) is 0.267. The van der Waals surface area contributed by atoms with Crippen LogP contribution in [0.3, 0.4) is 0 Å². The van der Waals surface area contributed by atoms with E-state index >= 15 is 0 Å². The Bertz CT molecular complexity index is 852. The number of amides is 1. The number of benzene rings is 1. The lowest BCUT2D eigenvalue weighted by Crippen LogP contribution is -2.12. The Kier molecular flexibility index (Phi) is 3.38. The molecule has 0 unspecified atom stereocenters. The summed E-state index contributed by atoms with van der Waals surface area (Å²) in [6.45, 7) is 0. The van der Waals surface area contributed by atoms with E-state index in [4.69, 9.17) is 0 Å². The summed E-state index contributed by atoms with van der Waals surface area (Å²) in [7, 11) is 1.72. The average Bonchev–Trinajstić information content (AvgIpc) is 3.21. The van der Waals surface area contributed by atoms with Gasteiger partial charge in [-0.1, -0.05) is 41.7 Å². The van der Waals surface area contributed by atoms with Crippen LogP contribution in [0, 0.1) is 5.92 Å². The average molecular weight is 326 g/mol. The van der Waals surface area contributed by atoms with Crippen molar-refractivity contribution in [1.29, 1.82) is 0 Å². The number of nitrogens with zero attached hydrogens (tertiary/aromatic N) is 5. The summed E-state index contributed by atoms with van der Waals surface area (Å²) in [5.41, 5.74) is 1.72. The van der Waals surface area contributed by atoms with Crippen molar-refractivity contribution >= 4 is 22.4 Å². The van der Waals surface area contributed by atoms with Crippen LogP contribution in [0.15, 0.2) is 30.3 Å². The molecule has 2 heterocycles. The number of aryl methyl sites for hydroxylation is 1. The molecule has 1 aromatic carbocycles. The Morgan fingerprint density at radius 1 is 1.30 bits per heavy atom. The van der Waals surface area contributed by atoms with Gasteiger partial charge < -0.3 is 5.32 Å². The van der Waals surface area contributed by atoms with Gasteiger partial charge in [0.25, 0.3) is 0 Å². The fourth-order valence-electron chi connectivity index (χ4n) is 2.24. The highest BCUT2D eigenvalue weighted by molar-refractivity contribution is 7.19. The van der Waals surface area contributed by atoms with E-state index in [1.54, 1.807) is 7.05 Å². The molecule has 0 atom stereocenters. The van der Waals surface area contributed by atoms with E-state index in [1.165, 1.54) is 16.1 Å². The number of aromatic nitrogens is 5. The first kappa shape index (κ1) is 14.0. The Labute approximate surface area is 136 Å². The molecular formula is C15H14N6OS. The molecule has 0 saturated heterocycles. The van der Waals surface area contributed by atoms with Crippen molar-refractivity contribution < 1.29 is 4.79 Å². The van der Waals surface area contributed by atoms with Gasteiger partial charge in [0.1, 0.15) is 4.88 Å². The first-order valence-electron chi connectivity index (χ1n) is 7.32. The van der Waals surface area contributed by atoms with Crippen molar-refractivity contribution in [1.82, 2.24) is 25.2 Å². The molecule has 2 aromatic heterocycles. The topological polar surface area (TPSA) is 85.6 Å². The van der Waals surface area contributed by atoms with Crippen LogP contribution < -0.4 is 5.32 Å². The van der Waals surface area contributed by atoms with Crippen molar-refractivity contribution in [3.8, 4) is 22.0 Å². The van der Waals surface area contributed by atoms with Crippen LogP contribution in [-0.4, -0.2) is 31.1 Å². The van der Waals surface area contributed by atoms with Gasteiger partial charge in [0.2, 0.25) is 11.7 Å². The predicted octanol–water partition coefficient (Wildman–Crippen LogP) is 2.35. The first-order valence-corrected chi connectivity index (χ1v) is 8.14. The largest absolute Gasteiger partial charge is 0.302 e. The minimum atomic E-state index is 0.0389. The van der Waals surface area contributed by atoms with Crippen LogP contribution in [-0.2, 0) is 11.8 Å². The predicted molar refractivity (Wildman–Crippen MR) is 86.7 cm³/mol. The number of nitrogens with one attached hydrogen (secondary N) is 1. The molecular weight excluding hydrogens is 312 g/mol. The maximum absolute atomic E-state index is 12.0. The highest BCUT2D eigenvalue weighted by atomic mass is 32.1. The van der Waals surface area contributed by atoms with Crippen LogP contribution in [0.2, 0.25) is 0 Å². The third-order valence-corrected chi connectivity index (χ3v) is 4.53. The SMILES string of the molecule is Cn1nnc(-c2sc(NC(=O)C3CC3)nc2-c2ccccc2)n1. The molecule has 4 rings (SSSR count). The molecule has 0 aliphatic heterocycles. The number of thiazole rings is 1. The zero-order valence-electron chi connectivity index (χ0n) is 12.4. The monoisotopic (exact) mass is 326 g/mol. The zero-order chi connectivity index (χ0) is 15.8. The second kappa shape index (κ2) is 5.54. The molecule has 1 N–H and O–H groups in total. The zero-order valence-corrected chi connectivity index (χ0v) is 13.2. The molecule has 0 bridgehead atoms. The molecule has 0 radical (unpaired) electrons. The van der Waals surface area contributed by atoms with Crippen LogP contribution in [0.4, 0.5) is 5.13 Å². The van der Waals surface area contributed by atoms with E-state index in [0.29, 0.717) is 11.0 Å². The van der Waals surface area contributed by atoms with Crippen molar-refractivity contribution in [3.05, 3.63) is 30.3 Å². The van der Waals surface area contributed by atoms with Gasteiger partial charge in [0, 0.05) is 11.5 Å². The summed E-state index contributed by atoms with van der Waals surface area (Å²) in [4.78, 5) is 18.8. The third kappa shape index (κ3) is 2.85. The number of rotatable bonds is 4. The van der Waals surface area contributed by atoms with Crippen LogP contribution in [0.25, 0.3) is 22.0 Å². The van der Waals surface area contributed by atoms with Gasteiger partial charge in [-0.25, -0.2) is 4.98 Å². The molecule has 1 aliphatic carbocycles. The molecule has 0 spiro atoms. The summed E-state index contributed by atoms with van der Waals surface area (Å²) in [5.74, 6) is 0.685. The van der Waals surface area contributed by atoms with E-state index in [0.717, 1.165) is 29.0 Å². The molecule has 116 valence electrons. The Balaban J connectivity index is 1.75. The van der Waals surface area contributed by atoms with Gasteiger partial charge in [-0.05, 0) is 18.1 Å². The van der Waals surface area contributed by atoms with Gasteiger partial charge in [0.05, 0.1) is 12.7 Å². The second-order valence-electron chi connectivity index (χ2n) is 5.43. The van der Waals surface area contributed by atoms with Gasteiger partial charge in [-0.2, -0.15) is 4.80 Å². The Hall–Kier alpha value is -2.61. The van der Waals surface area contributed by atoms with E-state index in [2.05, 4.69) is 25.7 Å². The van der Waals surface area contributed by atoms with Crippen LogP contribution >= 0.6 is 11.3 Å². The number of carbonyl (C=O) groups excluding carboxylic acids is 1. The summed E-state index contributed by atoms with van der Waals surface area (Å²) >= 11 is 1.37. The number of tetrazole rings is 1. The molecule has 1 fully saturated rings. The summed E-state index contributed by atoms with van der Waals surface area (Å²) in [6, 6.07) is 9.80. The maximum atomic E-state index is 12.0. The van der Waals surface area contributed by atoms with E-state index in [-0.39, 0.29) is 11.8 Å². The Morgan fingerprint density at radius 3 is 2.74 bits per heavy atom. The Morgan fingerprint density at radius 2 is 2.09 bits per heavy atom. The maximum Gasteiger partial charge on any atom is 0.229 e. The normalized spacial score (nSPS) is 14.0. The number of hydrogen-bond donors (Lipinski definition) is 1. The molecule has 23 heavy (non-hydrogen) atoms. The molecule has 3 aromatic rings. The van der Waals surface area contributed by atoms with Crippen molar-refractivity contribution in [2.75, 3.05) is 5.32 Å². The molecule has 7 nitrogen and oxygen atoms in total. The minimum Gasteiger partial charge on any atom is -0.302 e. The van der Waals surface area contributed by atoms with Crippen LogP contribution in [0.1, 0.15) is 12.8 Å². The van der Waals surface area contributed by atoms with E-state index in [1.807, 2.05) is 30.3 Å². The lowest BCUT2D eigenvalue weighted by atomic mass is 10.1. The number of carbonyl (C=O) groups is 1. The summed E-state index contributed by atoms with van der Waals surface area (Å²) in [6.07, 6.45) is 1.92. The first-order chi connectivity index (χ1) is 11.2. The minimum absolute atomic E-state index is 0.0389. The van der Waals surface area contributed by atoms with Gasteiger partial charge in [-0.15, -0.1) is 10.2 Å². The van der Waals surface area contributed by atoms with Crippen LogP contribution in [0.5, 0.6) is 0 Å². The highest BCUT2D eigenvalue weighted by Gasteiger charge is 2.30. The highest BCUT2D eigenvalue weighted by Crippen LogP contribution is 2.38. The second-order valence-corrected chi connectivity index (χ2v) is 6.43. The van der Waals surface area contributed by atoms with Crippen molar-refractivity contribution in [3.63, 3.8) is 0 Å². The van der Waals surface area contributed by atoms with Gasteiger partial charge >= 0.3 is 0 Å². The summed E-state index contributed by atoms with van der Waals surface area (Å²) < 4.78 is 0. The molecule has 1 aliphatic rings. The van der Waals surface area contributed by atoms with Gasteiger partial charge in [-0.3, -0.25) is 4.79 Å².